The van der Waals surface area contributed by atoms with E-state index in [-0.39, 0.29) is 5.69 Å². The molecule has 4 nitrogen and oxygen atoms in total. The molecule has 1 heterocycles. The highest BCUT2D eigenvalue weighted by molar-refractivity contribution is 7.16. The maximum atomic E-state index is 13.1. The number of fused-ring (bicyclic) bond motifs is 1. The van der Waals surface area contributed by atoms with E-state index in [2.05, 4.69) is 10.3 Å². The first-order valence-corrected chi connectivity index (χ1v) is 9.32. The third kappa shape index (κ3) is 4.05. The quantitative estimate of drug-likeness (QED) is 0.630. The fourth-order valence-corrected chi connectivity index (χ4v) is 3.56. The molecule has 2 aromatic carbocycles. The Morgan fingerprint density at radius 3 is 2.56 bits per heavy atom. The number of benzene rings is 2. The van der Waals surface area contributed by atoms with Crippen molar-refractivity contribution in [2.75, 3.05) is 23.3 Å². The Bertz CT molecular complexity index is 964. The smallest absolute Gasteiger partial charge is 0.370 e. The number of amides is 1. The zero-order valence-electron chi connectivity index (χ0n) is 14.8. The van der Waals surface area contributed by atoms with Crippen LogP contribution in [0.15, 0.2) is 41.9 Å². The fraction of sp³-hybridized carbons (Fsp3) is 0.263. The lowest BCUT2D eigenvalue weighted by Crippen LogP contribution is -2.24. The molecule has 1 N–H and O–H groups in total. The van der Waals surface area contributed by atoms with Gasteiger partial charge in [0.25, 0.3) is 5.91 Å². The van der Waals surface area contributed by atoms with Crippen LogP contribution in [0.25, 0.3) is 10.2 Å². The van der Waals surface area contributed by atoms with Crippen LogP contribution in [0.4, 0.5) is 24.5 Å². The predicted molar refractivity (Wildman–Crippen MR) is 103 cm³/mol. The molecule has 8 heteroatoms. The lowest BCUT2D eigenvalue weighted by molar-refractivity contribution is -0.137. The standard InChI is InChI=1S/C19H18F3N3OS/c1-3-25(4-2)16-8-6-13(19(20,21)22)10-15(16)24-18(26)12-5-7-14-17(9-12)27-11-23-14/h5-11H,3-4H2,1-2H3,(H,24,26). The van der Waals surface area contributed by atoms with Crippen molar-refractivity contribution in [3.63, 3.8) is 0 Å². The average molecular weight is 393 g/mol. The fourth-order valence-electron chi connectivity index (χ4n) is 2.84. The lowest BCUT2D eigenvalue weighted by Gasteiger charge is -2.25. The van der Waals surface area contributed by atoms with Crippen LogP contribution in [0.5, 0.6) is 0 Å². The van der Waals surface area contributed by atoms with E-state index in [4.69, 9.17) is 0 Å². The molecule has 0 aliphatic carbocycles. The number of alkyl halides is 3. The number of anilines is 2. The summed E-state index contributed by atoms with van der Waals surface area (Å²) < 4.78 is 40.2. The molecule has 3 aromatic rings. The molecule has 0 aliphatic heterocycles. The van der Waals surface area contributed by atoms with Crippen LogP contribution in [-0.4, -0.2) is 24.0 Å². The van der Waals surface area contributed by atoms with Crippen molar-refractivity contribution in [2.24, 2.45) is 0 Å². The summed E-state index contributed by atoms with van der Waals surface area (Å²) in [6.45, 7) is 5.03. The molecule has 1 amide bonds. The maximum absolute atomic E-state index is 13.1. The van der Waals surface area contributed by atoms with E-state index >= 15 is 0 Å². The third-order valence-corrected chi connectivity index (χ3v) is 5.06. The van der Waals surface area contributed by atoms with Gasteiger partial charge in [-0.2, -0.15) is 13.2 Å². The minimum atomic E-state index is -4.48. The molecular weight excluding hydrogens is 375 g/mol. The van der Waals surface area contributed by atoms with E-state index in [1.165, 1.54) is 17.4 Å². The first-order valence-electron chi connectivity index (χ1n) is 8.44. The van der Waals surface area contributed by atoms with Crippen LogP contribution in [0, 0.1) is 0 Å². The van der Waals surface area contributed by atoms with Crippen LogP contribution < -0.4 is 10.2 Å². The van der Waals surface area contributed by atoms with E-state index in [0.29, 0.717) is 24.3 Å². The van der Waals surface area contributed by atoms with Gasteiger partial charge in [0, 0.05) is 18.7 Å². The summed E-state index contributed by atoms with van der Waals surface area (Å²) in [4.78, 5) is 18.7. The third-order valence-electron chi connectivity index (χ3n) is 4.27. The number of hydrogen-bond acceptors (Lipinski definition) is 4. The van der Waals surface area contributed by atoms with Gasteiger partial charge in [-0.25, -0.2) is 4.98 Å². The van der Waals surface area contributed by atoms with Crippen molar-refractivity contribution in [1.29, 1.82) is 0 Å². The topological polar surface area (TPSA) is 45.2 Å². The molecule has 3 rings (SSSR count). The number of hydrogen-bond donors (Lipinski definition) is 1. The molecule has 0 saturated heterocycles. The number of carbonyl (C=O) groups is 1. The number of carbonyl (C=O) groups excluding carboxylic acids is 1. The normalized spacial score (nSPS) is 11.6. The predicted octanol–water partition coefficient (Wildman–Crippen LogP) is 5.41. The van der Waals surface area contributed by atoms with Gasteiger partial charge >= 0.3 is 6.18 Å². The highest BCUT2D eigenvalue weighted by Gasteiger charge is 2.31. The van der Waals surface area contributed by atoms with Crippen LogP contribution in [0.2, 0.25) is 0 Å². The number of aromatic nitrogens is 1. The van der Waals surface area contributed by atoms with Gasteiger partial charge in [-0.1, -0.05) is 0 Å². The molecule has 0 bridgehead atoms. The summed E-state index contributed by atoms with van der Waals surface area (Å²) in [6, 6.07) is 8.44. The van der Waals surface area contributed by atoms with Crippen molar-refractivity contribution in [3.05, 3.63) is 53.0 Å². The summed E-state index contributed by atoms with van der Waals surface area (Å²) in [7, 11) is 0. The van der Waals surface area contributed by atoms with E-state index in [9.17, 15) is 18.0 Å². The SMILES string of the molecule is CCN(CC)c1ccc(C(F)(F)F)cc1NC(=O)c1ccc2ncsc2c1. The average Bonchev–Trinajstić information content (AvgIpc) is 3.10. The highest BCUT2D eigenvalue weighted by Crippen LogP contribution is 2.35. The van der Waals surface area contributed by atoms with E-state index in [0.717, 1.165) is 22.3 Å². The van der Waals surface area contributed by atoms with Gasteiger partial charge in [0.15, 0.2) is 0 Å². The molecule has 1 aromatic heterocycles. The zero-order chi connectivity index (χ0) is 19.6. The van der Waals surface area contributed by atoms with Crippen molar-refractivity contribution >= 4 is 38.8 Å². The van der Waals surface area contributed by atoms with Crippen molar-refractivity contribution in [3.8, 4) is 0 Å². The van der Waals surface area contributed by atoms with Gasteiger partial charge < -0.3 is 10.2 Å². The molecule has 142 valence electrons. The minimum Gasteiger partial charge on any atom is -0.370 e. The Balaban J connectivity index is 1.98. The molecule has 0 unspecified atom stereocenters. The van der Waals surface area contributed by atoms with Gasteiger partial charge in [-0.05, 0) is 50.2 Å². The lowest BCUT2D eigenvalue weighted by atomic mass is 10.1. The van der Waals surface area contributed by atoms with E-state index in [1.807, 2.05) is 18.7 Å². The summed E-state index contributed by atoms with van der Waals surface area (Å²) in [5.41, 5.74) is 2.72. The Morgan fingerprint density at radius 2 is 1.89 bits per heavy atom. The van der Waals surface area contributed by atoms with E-state index < -0.39 is 17.6 Å². The van der Waals surface area contributed by atoms with Gasteiger partial charge in [-0.15, -0.1) is 11.3 Å². The molecule has 0 spiro atoms. The summed E-state index contributed by atoms with van der Waals surface area (Å²) in [5, 5.41) is 2.65. The Hall–Kier alpha value is -2.61. The number of thiazole rings is 1. The highest BCUT2D eigenvalue weighted by atomic mass is 32.1. The Morgan fingerprint density at radius 1 is 1.15 bits per heavy atom. The molecule has 27 heavy (non-hydrogen) atoms. The largest absolute Gasteiger partial charge is 0.416 e. The first kappa shape index (κ1) is 19.2. The number of nitrogens with zero attached hydrogens (tertiary/aromatic N) is 2. The van der Waals surface area contributed by atoms with Crippen molar-refractivity contribution < 1.29 is 18.0 Å². The number of rotatable bonds is 5. The Kier molecular flexibility index (Phi) is 5.36. The Labute approximate surface area is 158 Å². The second kappa shape index (κ2) is 7.56. The van der Waals surface area contributed by atoms with Crippen LogP contribution in [-0.2, 0) is 6.18 Å². The second-order valence-electron chi connectivity index (χ2n) is 5.89. The van der Waals surface area contributed by atoms with Gasteiger partial charge in [0.05, 0.1) is 32.7 Å². The number of nitrogens with one attached hydrogen (secondary N) is 1. The van der Waals surface area contributed by atoms with Crippen LogP contribution in [0.3, 0.4) is 0 Å². The molecule has 0 atom stereocenters. The molecule has 0 aliphatic rings. The molecular formula is C19H18F3N3OS. The maximum Gasteiger partial charge on any atom is 0.416 e. The van der Waals surface area contributed by atoms with Crippen LogP contribution in [0.1, 0.15) is 29.8 Å². The first-order chi connectivity index (χ1) is 12.8. The van der Waals surface area contributed by atoms with Crippen molar-refractivity contribution in [2.45, 2.75) is 20.0 Å². The van der Waals surface area contributed by atoms with Crippen molar-refractivity contribution in [1.82, 2.24) is 4.98 Å². The second-order valence-corrected chi connectivity index (χ2v) is 6.78. The summed E-state index contributed by atoms with van der Waals surface area (Å²) >= 11 is 1.40. The summed E-state index contributed by atoms with van der Waals surface area (Å²) in [6.07, 6.45) is -4.48. The molecule has 0 saturated carbocycles. The van der Waals surface area contributed by atoms with E-state index in [1.54, 1.807) is 23.7 Å². The van der Waals surface area contributed by atoms with Crippen LogP contribution >= 0.6 is 11.3 Å². The summed E-state index contributed by atoms with van der Waals surface area (Å²) in [5.74, 6) is -0.460. The molecule has 0 fully saturated rings. The molecule has 0 radical (unpaired) electrons. The minimum absolute atomic E-state index is 0.142. The zero-order valence-corrected chi connectivity index (χ0v) is 15.6. The van der Waals surface area contributed by atoms with Gasteiger partial charge in [-0.3, -0.25) is 4.79 Å². The number of halogens is 3. The monoisotopic (exact) mass is 393 g/mol. The van der Waals surface area contributed by atoms with Gasteiger partial charge in [0.1, 0.15) is 0 Å². The van der Waals surface area contributed by atoms with Gasteiger partial charge in [0.2, 0.25) is 0 Å².